The normalized spacial score (nSPS) is 10.3. The molecule has 0 nitrogen and oxygen atoms in total. The van der Waals surface area contributed by atoms with Crippen molar-refractivity contribution in [3.63, 3.8) is 0 Å². The van der Waals surface area contributed by atoms with Gasteiger partial charge in [-0.1, -0.05) is 96.8 Å². The molecular formula is C76H64Cl2Zr2-2. The van der Waals surface area contributed by atoms with Crippen LogP contribution in [0.15, 0.2) is 279 Å². The van der Waals surface area contributed by atoms with Gasteiger partial charge in [0.15, 0.2) is 0 Å². The molecule has 0 atom stereocenters. The molecule has 0 amide bonds. The number of hydrogen-bond donors (Lipinski definition) is 0. The molecule has 0 saturated carbocycles. The van der Waals surface area contributed by atoms with E-state index < -0.39 is 0 Å². The van der Waals surface area contributed by atoms with Gasteiger partial charge in [0, 0.05) is 0 Å². The molecular weight excluding hydrogens is 1170 g/mol. The van der Waals surface area contributed by atoms with Crippen LogP contribution in [-0.4, -0.2) is 6.41 Å². The second-order valence-electron chi connectivity index (χ2n) is 20.2. The van der Waals surface area contributed by atoms with Gasteiger partial charge in [-0.25, -0.2) is 0 Å². The van der Waals surface area contributed by atoms with Gasteiger partial charge in [-0.3, -0.25) is 0 Å². The van der Waals surface area contributed by atoms with Gasteiger partial charge in [-0.2, -0.15) is 12.1 Å². The van der Waals surface area contributed by atoms with Gasteiger partial charge in [0.05, 0.1) is 0 Å². The Morgan fingerprint density at radius 2 is 0.487 bits per heavy atom. The molecule has 0 saturated heterocycles. The van der Waals surface area contributed by atoms with Gasteiger partial charge in [0.1, 0.15) is 0 Å². The fourth-order valence-electron chi connectivity index (χ4n) is 9.89. The Kier molecular flexibility index (Phi) is 22.5. The Morgan fingerprint density at radius 3 is 0.738 bits per heavy atom. The SMILES string of the molecule is Cc1cc2ccccc2[cH-]1.Cc1cc2ccccc2[cH-]1.Cc1ccc2c(c1)[cH-]c1cc(C)ccc12.Cc1ccc2c(c1)[cH-]c1cc(C)ccc12.[Cl-].[Cl-].[Zr+2]=[C](c1ccccc1)c1ccccc1.[Zr+2]=[C](c1ccccc1)c1ccccc1. The van der Waals surface area contributed by atoms with Crippen LogP contribution in [-0.2, 0) is 48.5 Å². The molecule has 0 bridgehead atoms. The van der Waals surface area contributed by atoms with Crippen molar-refractivity contribution in [1.29, 1.82) is 0 Å². The Labute approximate surface area is 515 Å². The quantitative estimate of drug-likeness (QED) is 0.154. The molecule has 0 heterocycles. The van der Waals surface area contributed by atoms with E-state index in [4.69, 9.17) is 0 Å². The number of fused-ring (bicyclic) bond motifs is 8. The minimum absolute atomic E-state index is 0. The van der Waals surface area contributed by atoms with E-state index in [2.05, 4.69) is 321 Å². The summed E-state index contributed by atoms with van der Waals surface area (Å²) >= 11 is 2.92. The molecule has 80 heavy (non-hydrogen) atoms. The van der Waals surface area contributed by atoms with Gasteiger partial charge in [0.25, 0.3) is 0 Å². The average Bonchev–Trinajstić information content (AvgIpc) is 4.28. The number of rotatable bonds is 4. The number of benzene rings is 10. The van der Waals surface area contributed by atoms with Crippen LogP contribution in [0.4, 0.5) is 0 Å². The molecule has 0 aliphatic heterocycles. The van der Waals surface area contributed by atoms with Crippen LogP contribution in [0.5, 0.6) is 0 Å². The molecule has 14 aromatic carbocycles. The summed E-state index contributed by atoms with van der Waals surface area (Å²) in [5.74, 6) is 0. The Hall–Kier alpha value is -6.75. The third-order valence-electron chi connectivity index (χ3n) is 13.8. The molecule has 14 aromatic rings. The molecule has 0 aliphatic rings. The average molecular weight is 1230 g/mol. The van der Waals surface area contributed by atoms with Crippen LogP contribution in [0.2, 0.25) is 0 Å². The van der Waals surface area contributed by atoms with Crippen molar-refractivity contribution in [1.82, 2.24) is 0 Å². The van der Waals surface area contributed by atoms with E-state index in [-0.39, 0.29) is 24.8 Å². The number of aryl methyl sites for hydroxylation is 6. The van der Waals surface area contributed by atoms with Crippen molar-refractivity contribution in [2.75, 3.05) is 0 Å². The van der Waals surface area contributed by atoms with Crippen LogP contribution >= 0.6 is 0 Å². The van der Waals surface area contributed by atoms with Gasteiger partial charge in [0.2, 0.25) is 0 Å². The van der Waals surface area contributed by atoms with Crippen molar-refractivity contribution >= 4 is 71.0 Å². The Bertz CT molecular complexity index is 3690. The molecule has 0 N–H and O–H groups in total. The summed E-state index contributed by atoms with van der Waals surface area (Å²) in [6, 6.07) is 99.1. The molecule has 4 heteroatoms. The number of hydrogen-bond acceptors (Lipinski definition) is 0. The van der Waals surface area contributed by atoms with E-state index in [1.807, 2.05) is 0 Å². The molecule has 0 aliphatic carbocycles. The monoisotopic (exact) mass is 1230 g/mol. The van der Waals surface area contributed by atoms with Crippen LogP contribution in [0.1, 0.15) is 55.6 Å². The molecule has 0 spiro atoms. The van der Waals surface area contributed by atoms with Crippen LogP contribution in [0.3, 0.4) is 0 Å². The summed E-state index contributed by atoms with van der Waals surface area (Å²) in [5, 5.41) is 16.3. The summed E-state index contributed by atoms with van der Waals surface area (Å²) in [6.45, 7) is 12.8. The van der Waals surface area contributed by atoms with Gasteiger partial charge in [-0.05, 0) is 27.7 Å². The molecule has 0 aromatic heterocycles. The van der Waals surface area contributed by atoms with E-state index in [1.165, 1.54) is 175 Å². The molecule has 392 valence electrons. The van der Waals surface area contributed by atoms with E-state index in [9.17, 15) is 0 Å². The van der Waals surface area contributed by atoms with Crippen molar-refractivity contribution in [3.05, 3.63) is 335 Å². The summed E-state index contributed by atoms with van der Waals surface area (Å²) < 4.78 is 2.83. The number of halogens is 2. The van der Waals surface area contributed by atoms with Crippen molar-refractivity contribution < 1.29 is 73.3 Å². The zero-order chi connectivity index (χ0) is 54.4. The van der Waals surface area contributed by atoms with Gasteiger partial charge < -0.3 is 24.8 Å². The first kappa shape index (κ1) is 60.9. The summed E-state index contributed by atoms with van der Waals surface area (Å²) in [4.78, 5) is 0. The zero-order valence-corrected chi connectivity index (χ0v) is 52.7. The second-order valence-corrected chi connectivity index (χ2v) is 22.6. The van der Waals surface area contributed by atoms with E-state index >= 15 is 0 Å². The summed E-state index contributed by atoms with van der Waals surface area (Å²) in [7, 11) is 0. The van der Waals surface area contributed by atoms with Crippen molar-refractivity contribution in [2.24, 2.45) is 0 Å². The third-order valence-corrected chi connectivity index (χ3v) is 16.6. The van der Waals surface area contributed by atoms with Gasteiger partial charge in [-0.15, -0.1) is 161 Å². The molecule has 0 radical (unpaired) electrons. The van der Waals surface area contributed by atoms with Crippen LogP contribution in [0, 0.1) is 41.5 Å². The zero-order valence-electron chi connectivity index (χ0n) is 46.3. The topological polar surface area (TPSA) is 0 Å². The molecule has 0 unspecified atom stereocenters. The first-order valence-corrected chi connectivity index (χ1v) is 29.2. The van der Waals surface area contributed by atoms with Crippen LogP contribution < -0.4 is 24.8 Å². The molecule has 0 fully saturated rings. The standard InChI is InChI=1S/2C15H13.2C13H10.2C10H9.2ClH.2Zr/c2*1-10-3-5-14-12(7-10)9-13-8-11(2)4-6-15(13)14;2*1-3-7-12(8-4-1)11-13-9-5-2-6-10-13;2*1-8-6-9-4-2-3-5-10(9)7-8;;;;/h2*3-9H,1-2H3;2*1-10H;2*2-7H,1H3;2*1H;;/q2*-1;;;2*-1;;;2*+2/p-2. The van der Waals surface area contributed by atoms with E-state index in [0.29, 0.717) is 0 Å². The summed E-state index contributed by atoms with van der Waals surface area (Å²) in [5.41, 5.74) is 13.3. The third kappa shape index (κ3) is 16.2. The maximum atomic E-state index is 2.28. The maximum absolute atomic E-state index is 2.28. The Balaban J connectivity index is 0.000000139. The van der Waals surface area contributed by atoms with Crippen molar-refractivity contribution in [2.45, 2.75) is 41.5 Å². The van der Waals surface area contributed by atoms with Crippen LogP contribution in [0.25, 0.3) is 64.6 Å². The first-order valence-electron chi connectivity index (χ1n) is 26.7. The molecule has 14 rings (SSSR count). The van der Waals surface area contributed by atoms with E-state index in [0.717, 1.165) is 0 Å². The van der Waals surface area contributed by atoms with Gasteiger partial charge >= 0.3 is 198 Å². The first-order chi connectivity index (χ1) is 37.9. The second kappa shape index (κ2) is 29.6. The summed E-state index contributed by atoms with van der Waals surface area (Å²) in [6.07, 6.45) is 0. The minimum atomic E-state index is 0. The fourth-order valence-corrected chi connectivity index (χ4v) is 11.5. The van der Waals surface area contributed by atoms with Crippen molar-refractivity contribution in [3.8, 4) is 0 Å². The fraction of sp³-hybridized carbons (Fsp3) is 0.0789. The van der Waals surface area contributed by atoms with E-state index in [1.54, 1.807) is 0 Å². The Morgan fingerprint density at radius 1 is 0.250 bits per heavy atom. The predicted octanol–water partition coefficient (Wildman–Crippen LogP) is 14.0. The predicted molar refractivity (Wildman–Crippen MR) is 334 cm³/mol.